The predicted octanol–water partition coefficient (Wildman–Crippen LogP) is 3.58. The zero-order valence-electron chi connectivity index (χ0n) is 15.1. The van der Waals surface area contributed by atoms with Gasteiger partial charge < -0.3 is 10.1 Å². The molecular formula is C21H21N3O2S. The molecule has 0 spiro atoms. The van der Waals surface area contributed by atoms with Gasteiger partial charge in [0, 0.05) is 18.2 Å². The van der Waals surface area contributed by atoms with Crippen LogP contribution in [0, 0.1) is 5.92 Å². The summed E-state index contributed by atoms with van der Waals surface area (Å²) in [6.07, 6.45) is 4.51. The van der Waals surface area contributed by atoms with E-state index in [4.69, 9.17) is 4.74 Å². The van der Waals surface area contributed by atoms with Crippen LogP contribution in [0.2, 0.25) is 0 Å². The number of rotatable bonds is 5. The van der Waals surface area contributed by atoms with Crippen molar-refractivity contribution in [2.75, 3.05) is 19.4 Å². The molecule has 4 rings (SSSR count). The molecule has 1 aliphatic rings. The molecule has 2 aromatic carbocycles. The predicted molar refractivity (Wildman–Crippen MR) is 107 cm³/mol. The van der Waals surface area contributed by atoms with Crippen LogP contribution in [0.5, 0.6) is 5.75 Å². The van der Waals surface area contributed by atoms with Crippen LogP contribution >= 0.6 is 11.8 Å². The largest absolute Gasteiger partial charge is 0.493 e. The lowest BCUT2D eigenvalue weighted by molar-refractivity contribution is 0.0931. The average molecular weight is 379 g/mol. The van der Waals surface area contributed by atoms with Gasteiger partial charge in [-0.2, -0.15) is 0 Å². The maximum Gasteiger partial charge on any atom is 0.269 e. The number of hydrogen-bond acceptors (Lipinski definition) is 4. The maximum atomic E-state index is 12.8. The van der Waals surface area contributed by atoms with Crippen molar-refractivity contribution in [3.8, 4) is 11.4 Å². The Bertz CT molecular complexity index is 940. The van der Waals surface area contributed by atoms with E-state index in [1.807, 2.05) is 59.4 Å². The number of nitrogens with zero attached hydrogens (tertiary/aromatic N) is 2. The maximum absolute atomic E-state index is 12.8. The standard InChI is InChI=1S/C21H21N3O2S/c1-27-21-23-13-18(24(21)17-8-3-2-4-9-17)20(25)22-12-15-11-16-7-5-6-10-19(16)26-14-15/h2-10,13,15H,11-12,14H2,1H3,(H,22,25). The second kappa shape index (κ2) is 7.88. The molecule has 6 heteroatoms. The first-order valence-corrected chi connectivity index (χ1v) is 10.1. The molecular weight excluding hydrogens is 358 g/mol. The lowest BCUT2D eigenvalue weighted by Gasteiger charge is -2.25. The number of carbonyl (C=O) groups is 1. The lowest BCUT2D eigenvalue weighted by atomic mass is 9.97. The van der Waals surface area contributed by atoms with Crippen LogP contribution in [-0.2, 0) is 6.42 Å². The van der Waals surface area contributed by atoms with Crippen LogP contribution in [0.4, 0.5) is 0 Å². The fourth-order valence-corrected chi connectivity index (χ4v) is 3.86. The number of imidazole rings is 1. The molecule has 0 saturated carbocycles. The molecule has 1 aromatic heterocycles. The molecule has 0 radical (unpaired) electrons. The Balaban J connectivity index is 1.47. The minimum atomic E-state index is -0.120. The number of thioether (sulfide) groups is 1. The van der Waals surface area contributed by atoms with E-state index < -0.39 is 0 Å². The van der Waals surface area contributed by atoms with Crippen molar-refractivity contribution in [1.29, 1.82) is 0 Å². The van der Waals surface area contributed by atoms with E-state index in [1.54, 1.807) is 6.20 Å². The Morgan fingerprint density at radius 3 is 2.81 bits per heavy atom. The second-order valence-electron chi connectivity index (χ2n) is 6.50. The SMILES string of the molecule is CSc1ncc(C(=O)NCC2COc3ccccc3C2)n1-c1ccccc1. The second-order valence-corrected chi connectivity index (χ2v) is 7.27. The summed E-state index contributed by atoms with van der Waals surface area (Å²) in [4.78, 5) is 17.2. The quantitative estimate of drug-likeness (QED) is 0.689. The lowest BCUT2D eigenvalue weighted by Crippen LogP contribution is -2.35. The molecule has 0 bridgehead atoms. The average Bonchev–Trinajstić information content (AvgIpc) is 3.17. The molecule has 2 heterocycles. The molecule has 1 aliphatic heterocycles. The zero-order chi connectivity index (χ0) is 18.6. The van der Waals surface area contributed by atoms with Crippen molar-refractivity contribution < 1.29 is 9.53 Å². The van der Waals surface area contributed by atoms with E-state index in [2.05, 4.69) is 16.4 Å². The molecule has 0 fully saturated rings. The highest BCUT2D eigenvalue weighted by Gasteiger charge is 2.22. The van der Waals surface area contributed by atoms with E-state index in [9.17, 15) is 4.79 Å². The van der Waals surface area contributed by atoms with Crippen molar-refractivity contribution in [2.24, 2.45) is 5.92 Å². The summed E-state index contributed by atoms with van der Waals surface area (Å²) < 4.78 is 7.71. The van der Waals surface area contributed by atoms with E-state index in [0.717, 1.165) is 23.0 Å². The summed E-state index contributed by atoms with van der Waals surface area (Å²) in [5.74, 6) is 1.09. The van der Waals surface area contributed by atoms with E-state index >= 15 is 0 Å². The topological polar surface area (TPSA) is 56.1 Å². The summed E-state index contributed by atoms with van der Waals surface area (Å²) in [6.45, 7) is 1.19. The Morgan fingerprint density at radius 1 is 1.22 bits per heavy atom. The van der Waals surface area contributed by atoms with E-state index in [1.165, 1.54) is 17.3 Å². The molecule has 3 aromatic rings. The summed E-state index contributed by atoms with van der Waals surface area (Å²) in [7, 11) is 0. The molecule has 5 nitrogen and oxygen atoms in total. The van der Waals surface area contributed by atoms with E-state index in [-0.39, 0.29) is 11.8 Å². The number of carbonyl (C=O) groups excluding carboxylic acids is 1. The monoisotopic (exact) mass is 379 g/mol. The van der Waals surface area contributed by atoms with Gasteiger partial charge in [-0.25, -0.2) is 4.98 Å². The Morgan fingerprint density at radius 2 is 2.00 bits per heavy atom. The fraction of sp³-hybridized carbons (Fsp3) is 0.238. The van der Waals surface area contributed by atoms with Crippen molar-refractivity contribution in [1.82, 2.24) is 14.9 Å². The van der Waals surface area contributed by atoms with Gasteiger partial charge in [-0.3, -0.25) is 9.36 Å². The number of hydrogen-bond donors (Lipinski definition) is 1. The number of benzene rings is 2. The van der Waals surface area contributed by atoms with Crippen molar-refractivity contribution >= 4 is 17.7 Å². The van der Waals surface area contributed by atoms with Gasteiger partial charge in [-0.1, -0.05) is 48.2 Å². The number of para-hydroxylation sites is 2. The molecule has 138 valence electrons. The molecule has 1 unspecified atom stereocenters. The summed E-state index contributed by atoms with van der Waals surface area (Å²) in [5, 5.41) is 3.85. The molecule has 1 atom stereocenters. The first-order valence-electron chi connectivity index (χ1n) is 8.92. The molecule has 0 aliphatic carbocycles. The van der Waals surface area contributed by atoms with Crippen molar-refractivity contribution in [2.45, 2.75) is 11.6 Å². The number of ether oxygens (including phenoxy) is 1. The zero-order valence-corrected chi connectivity index (χ0v) is 15.9. The smallest absolute Gasteiger partial charge is 0.269 e. The Labute approximate surface area is 162 Å². The van der Waals surface area contributed by atoms with Gasteiger partial charge in [0.2, 0.25) is 0 Å². The first-order chi connectivity index (χ1) is 13.3. The molecule has 1 N–H and O–H groups in total. The third-order valence-corrected chi connectivity index (χ3v) is 5.32. The molecule has 0 saturated heterocycles. The third kappa shape index (κ3) is 3.71. The van der Waals surface area contributed by atoms with Crippen LogP contribution in [0.3, 0.4) is 0 Å². The minimum Gasteiger partial charge on any atom is -0.493 e. The van der Waals surface area contributed by atoms with Gasteiger partial charge >= 0.3 is 0 Å². The van der Waals surface area contributed by atoms with Gasteiger partial charge in [0.05, 0.1) is 12.8 Å². The fourth-order valence-electron chi connectivity index (χ4n) is 3.32. The van der Waals surface area contributed by atoms with E-state index in [0.29, 0.717) is 18.8 Å². The summed E-state index contributed by atoms with van der Waals surface area (Å²) in [6, 6.07) is 17.9. The van der Waals surface area contributed by atoms with Gasteiger partial charge in [0.25, 0.3) is 5.91 Å². The minimum absolute atomic E-state index is 0.120. The summed E-state index contributed by atoms with van der Waals surface area (Å²) in [5.41, 5.74) is 2.67. The van der Waals surface area contributed by atoms with Crippen LogP contribution in [0.25, 0.3) is 5.69 Å². The Hall–Kier alpha value is -2.73. The van der Waals surface area contributed by atoms with Gasteiger partial charge in [0.15, 0.2) is 5.16 Å². The summed E-state index contributed by atoms with van der Waals surface area (Å²) >= 11 is 1.52. The highest BCUT2D eigenvalue weighted by atomic mass is 32.2. The third-order valence-electron chi connectivity index (χ3n) is 4.67. The normalized spacial score (nSPS) is 15.7. The number of fused-ring (bicyclic) bond motifs is 1. The highest BCUT2D eigenvalue weighted by molar-refractivity contribution is 7.98. The van der Waals surface area contributed by atoms with Gasteiger partial charge in [0.1, 0.15) is 11.4 Å². The molecule has 27 heavy (non-hydrogen) atoms. The van der Waals surface area contributed by atoms with Crippen LogP contribution < -0.4 is 10.1 Å². The highest BCUT2D eigenvalue weighted by Crippen LogP contribution is 2.26. The van der Waals surface area contributed by atoms with Crippen molar-refractivity contribution in [3.63, 3.8) is 0 Å². The molecule has 1 amide bonds. The van der Waals surface area contributed by atoms with Crippen molar-refractivity contribution in [3.05, 3.63) is 72.1 Å². The first kappa shape index (κ1) is 17.7. The number of aromatic nitrogens is 2. The van der Waals surface area contributed by atoms with Crippen LogP contribution in [0.15, 0.2) is 66.0 Å². The van der Waals surface area contributed by atoms with Crippen LogP contribution in [-0.4, -0.2) is 34.9 Å². The Kier molecular flexibility index (Phi) is 5.16. The van der Waals surface area contributed by atoms with Gasteiger partial charge in [-0.05, 0) is 36.4 Å². The van der Waals surface area contributed by atoms with Gasteiger partial charge in [-0.15, -0.1) is 0 Å². The number of nitrogens with one attached hydrogen (secondary N) is 1. The number of amides is 1. The van der Waals surface area contributed by atoms with Crippen LogP contribution in [0.1, 0.15) is 16.1 Å².